The zero-order valence-corrected chi connectivity index (χ0v) is 14.7. The number of fused-ring (bicyclic) bond motifs is 1. The highest BCUT2D eigenvalue weighted by Crippen LogP contribution is 2.38. The number of nitrogens with zero attached hydrogens (tertiary/aromatic N) is 2. The molecule has 0 aliphatic carbocycles. The van der Waals surface area contributed by atoms with Gasteiger partial charge in [0.25, 0.3) is 5.91 Å². The lowest BCUT2D eigenvalue weighted by atomic mass is 9.96. The van der Waals surface area contributed by atoms with Crippen molar-refractivity contribution in [1.82, 2.24) is 9.80 Å². The summed E-state index contributed by atoms with van der Waals surface area (Å²) < 4.78 is 5.97. The molecular formula is C20H22N2O4. The average Bonchev–Trinajstić information content (AvgIpc) is 3.02. The minimum absolute atomic E-state index is 0.0373. The Morgan fingerprint density at radius 2 is 1.81 bits per heavy atom. The number of hydrogen-bond acceptors (Lipinski definition) is 4. The molecule has 1 amide bonds. The van der Waals surface area contributed by atoms with Crippen molar-refractivity contribution in [2.75, 3.05) is 26.7 Å². The Hall–Kier alpha value is -2.44. The van der Waals surface area contributed by atoms with Gasteiger partial charge in [-0.25, -0.2) is 4.79 Å². The van der Waals surface area contributed by atoms with Gasteiger partial charge < -0.3 is 14.7 Å². The van der Waals surface area contributed by atoms with E-state index in [1.54, 1.807) is 6.07 Å². The topological polar surface area (TPSA) is 70.1 Å². The summed E-state index contributed by atoms with van der Waals surface area (Å²) in [5.41, 5.74) is -0.304. The van der Waals surface area contributed by atoms with E-state index in [4.69, 9.17) is 4.74 Å². The molecule has 1 spiro atoms. The molecule has 1 N–H and O–H groups in total. The normalized spacial score (nSPS) is 22.8. The van der Waals surface area contributed by atoms with E-state index in [1.807, 2.05) is 43.4 Å². The number of carbonyl (C=O) groups is 2. The first-order valence-electron chi connectivity index (χ1n) is 8.89. The summed E-state index contributed by atoms with van der Waals surface area (Å²) in [6.07, 6.45) is 1.23. The van der Waals surface area contributed by atoms with Crippen LogP contribution in [-0.2, 0) is 9.53 Å². The van der Waals surface area contributed by atoms with Gasteiger partial charge in [0.1, 0.15) is 5.72 Å². The van der Waals surface area contributed by atoms with Gasteiger partial charge in [0.05, 0.1) is 6.61 Å². The van der Waals surface area contributed by atoms with Gasteiger partial charge in [-0.3, -0.25) is 9.69 Å². The second-order valence-corrected chi connectivity index (χ2v) is 7.12. The summed E-state index contributed by atoms with van der Waals surface area (Å²) in [6, 6.07) is 12.3. The van der Waals surface area contributed by atoms with Crippen LogP contribution in [0.3, 0.4) is 0 Å². The molecule has 26 heavy (non-hydrogen) atoms. The number of hydrogen-bond donors (Lipinski definition) is 1. The van der Waals surface area contributed by atoms with Crippen LogP contribution in [0.1, 0.15) is 23.2 Å². The van der Waals surface area contributed by atoms with E-state index in [1.165, 1.54) is 4.90 Å². The van der Waals surface area contributed by atoms with E-state index < -0.39 is 17.7 Å². The summed E-state index contributed by atoms with van der Waals surface area (Å²) in [5.74, 6) is -1.29. The van der Waals surface area contributed by atoms with Crippen molar-refractivity contribution in [3.05, 3.63) is 48.0 Å². The molecule has 0 aromatic heterocycles. The number of piperidine rings is 1. The molecule has 6 nitrogen and oxygen atoms in total. The largest absolute Gasteiger partial charge is 0.480 e. The highest BCUT2D eigenvalue weighted by Gasteiger charge is 2.53. The number of benzene rings is 2. The van der Waals surface area contributed by atoms with Crippen LogP contribution in [0.2, 0.25) is 0 Å². The second kappa shape index (κ2) is 6.37. The number of carboxylic acids is 1. The van der Waals surface area contributed by atoms with Gasteiger partial charge in [-0.15, -0.1) is 0 Å². The van der Waals surface area contributed by atoms with Crippen molar-refractivity contribution in [2.45, 2.75) is 24.6 Å². The Labute approximate surface area is 152 Å². The number of aliphatic carboxylic acids is 1. The third-order valence-electron chi connectivity index (χ3n) is 5.55. The van der Waals surface area contributed by atoms with Crippen molar-refractivity contribution in [3.63, 3.8) is 0 Å². The second-order valence-electron chi connectivity index (χ2n) is 7.12. The summed E-state index contributed by atoms with van der Waals surface area (Å²) in [4.78, 5) is 29.0. The highest BCUT2D eigenvalue weighted by molar-refractivity contribution is 6.08. The fourth-order valence-corrected chi connectivity index (χ4v) is 4.07. The van der Waals surface area contributed by atoms with Crippen LogP contribution in [0.25, 0.3) is 10.8 Å². The average molecular weight is 354 g/mol. The maximum absolute atomic E-state index is 13.5. The Morgan fingerprint density at radius 1 is 1.12 bits per heavy atom. The lowest BCUT2D eigenvalue weighted by molar-refractivity contribution is -0.143. The summed E-state index contributed by atoms with van der Waals surface area (Å²) in [7, 11) is 2.02. The predicted molar refractivity (Wildman–Crippen MR) is 97.0 cm³/mol. The van der Waals surface area contributed by atoms with Crippen LogP contribution in [0.5, 0.6) is 0 Å². The third-order valence-corrected chi connectivity index (χ3v) is 5.55. The Balaban J connectivity index is 1.78. The van der Waals surface area contributed by atoms with Crippen LogP contribution in [0, 0.1) is 0 Å². The van der Waals surface area contributed by atoms with Crippen molar-refractivity contribution < 1.29 is 19.4 Å². The molecule has 2 saturated heterocycles. The van der Waals surface area contributed by atoms with E-state index >= 15 is 0 Å². The zero-order chi connectivity index (χ0) is 18.3. The molecule has 0 saturated carbocycles. The molecular weight excluding hydrogens is 332 g/mol. The number of amides is 1. The maximum atomic E-state index is 13.5. The highest BCUT2D eigenvalue weighted by atomic mass is 16.5. The van der Waals surface area contributed by atoms with E-state index in [0.29, 0.717) is 18.4 Å². The SMILES string of the molecule is CN1CCC2(CC1)OC[C@@H](C(=O)O)N2C(=O)c1cccc2ccccc12. The van der Waals surface area contributed by atoms with Crippen molar-refractivity contribution in [1.29, 1.82) is 0 Å². The minimum Gasteiger partial charge on any atom is -0.480 e. The van der Waals surface area contributed by atoms with Gasteiger partial charge in [-0.2, -0.15) is 0 Å². The summed E-state index contributed by atoms with van der Waals surface area (Å²) >= 11 is 0. The zero-order valence-electron chi connectivity index (χ0n) is 14.7. The molecule has 0 radical (unpaired) electrons. The first kappa shape index (κ1) is 17.0. The predicted octanol–water partition coefficient (Wildman–Crippen LogP) is 2.19. The molecule has 6 heteroatoms. The number of rotatable bonds is 2. The number of likely N-dealkylation sites (tertiary alicyclic amines) is 1. The third kappa shape index (κ3) is 2.66. The fourth-order valence-electron chi connectivity index (χ4n) is 4.07. The molecule has 0 bridgehead atoms. The monoisotopic (exact) mass is 354 g/mol. The minimum atomic E-state index is -1.02. The van der Waals surface area contributed by atoms with E-state index in [2.05, 4.69) is 4.90 Å². The first-order valence-corrected chi connectivity index (χ1v) is 8.89. The maximum Gasteiger partial charge on any atom is 0.328 e. The van der Waals surface area contributed by atoms with Crippen molar-refractivity contribution >= 4 is 22.6 Å². The number of carboxylic acid groups (broad SMARTS) is 1. The molecule has 0 unspecified atom stereocenters. The van der Waals surface area contributed by atoms with Crippen LogP contribution in [0.15, 0.2) is 42.5 Å². The van der Waals surface area contributed by atoms with Gasteiger partial charge in [0, 0.05) is 31.5 Å². The quantitative estimate of drug-likeness (QED) is 0.895. The van der Waals surface area contributed by atoms with Crippen molar-refractivity contribution in [2.24, 2.45) is 0 Å². The first-order chi connectivity index (χ1) is 12.5. The molecule has 4 rings (SSSR count). The Morgan fingerprint density at radius 3 is 2.54 bits per heavy atom. The van der Waals surface area contributed by atoms with Crippen LogP contribution < -0.4 is 0 Å². The lowest BCUT2D eigenvalue weighted by Gasteiger charge is -2.43. The van der Waals surface area contributed by atoms with E-state index in [-0.39, 0.29) is 12.5 Å². The molecule has 2 aliphatic rings. The van der Waals surface area contributed by atoms with Crippen molar-refractivity contribution in [3.8, 4) is 0 Å². The molecule has 1 atom stereocenters. The lowest BCUT2D eigenvalue weighted by Crippen LogP contribution is -2.57. The smallest absolute Gasteiger partial charge is 0.328 e. The molecule has 136 valence electrons. The Bertz CT molecular complexity index is 853. The number of ether oxygens (including phenoxy) is 1. The molecule has 2 aromatic rings. The molecule has 2 heterocycles. The fraction of sp³-hybridized carbons (Fsp3) is 0.400. The van der Waals surface area contributed by atoms with Crippen LogP contribution >= 0.6 is 0 Å². The van der Waals surface area contributed by atoms with Gasteiger partial charge in [0.15, 0.2) is 6.04 Å². The number of carbonyl (C=O) groups excluding carboxylic acids is 1. The summed E-state index contributed by atoms with van der Waals surface area (Å²) in [5, 5.41) is 11.5. The Kier molecular flexibility index (Phi) is 4.17. The van der Waals surface area contributed by atoms with Gasteiger partial charge in [-0.05, 0) is 23.9 Å². The standard InChI is InChI=1S/C20H22N2O4/c1-21-11-9-20(10-12-21)22(17(13-26-20)19(24)25)18(23)16-8-4-6-14-5-2-3-7-15(14)16/h2-8,17H,9-13H2,1H3,(H,24,25)/t17-/m0/s1. The van der Waals surface area contributed by atoms with Gasteiger partial charge >= 0.3 is 5.97 Å². The van der Waals surface area contributed by atoms with E-state index in [9.17, 15) is 14.7 Å². The molecule has 2 aliphatic heterocycles. The summed E-state index contributed by atoms with van der Waals surface area (Å²) in [6.45, 7) is 1.58. The van der Waals surface area contributed by atoms with E-state index in [0.717, 1.165) is 23.9 Å². The molecule has 2 fully saturated rings. The molecule has 2 aromatic carbocycles. The van der Waals surface area contributed by atoms with Crippen LogP contribution in [0.4, 0.5) is 0 Å². The van der Waals surface area contributed by atoms with Gasteiger partial charge in [-0.1, -0.05) is 36.4 Å². The van der Waals surface area contributed by atoms with Crippen LogP contribution in [-0.4, -0.2) is 65.3 Å². The van der Waals surface area contributed by atoms with Gasteiger partial charge in [0.2, 0.25) is 0 Å².